The van der Waals surface area contributed by atoms with Crippen molar-refractivity contribution in [3.63, 3.8) is 0 Å². The molecule has 1 atom stereocenters. The van der Waals surface area contributed by atoms with Gasteiger partial charge in [-0.3, -0.25) is 9.88 Å². The molecular weight excluding hydrogens is 382 g/mol. The van der Waals surface area contributed by atoms with E-state index in [-0.39, 0.29) is 0 Å². The lowest BCUT2D eigenvalue weighted by molar-refractivity contribution is 0.0794. The molecule has 31 heavy (non-hydrogen) atoms. The minimum absolute atomic E-state index is 0.425. The molecule has 5 heteroatoms. The van der Waals surface area contributed by atoms with Gasteiger partial charge in [0.05, 0.1) is 24.0 Å². The summed E-state index contributed by atoms with van der Waals surface area (Å²) in [5.41, 5.74) is 9.48. The van der Waals surface area contributed by atoms with E-state index in [0.29, 0.717) is 12.1 Å². The molecular formula is C26H43N5. The van der Waals surface area contributed by atoms with E-state index in [1.165, 1.54) is 69.7 Å². The SMILES string of the molecule is C/C=C\c1nc(CN(C2CCCCC2)C2CCCc3cccnc32)[nH]c1C.CC.CN. The lowest BCUT2D eigenvalue weighted by atomic mass is 9.87. The number of hydrogen-bond acceptors (Lipinski definition) is 4. The third-order valence-corrected chi connectivity index (χ3v) is 6.24. The van der Waals surface area contributed by atoms with Gasteiger partial charge in [0, 0.05) is 17.9 Å². The lowest BCUT2D eigenvalue weighted by Gasteiger charge is -2.41. The van der Waals surface area contributed by atoms with Gasteiger partial charge < -0.3 is 10.7 Å². The third kappa shape index (κ3) is 6.50. The standard InChI is InChI=1S/C23H32N4.C2H6.CH5N/c1-3-9-20-17(2)25-22(26-20)16-27(19-12-5-4-6-13-19)21-14-7-10-18-11-8-15-24-23(18)21;2*1-2/h3,8-9,11,15,19,21H,4-7,10,12-14,16H2,1-2H3,(H,25,26);1-2H3;2H2,1H3/b9-3-;;. The van der Waals surface area contributed by atoms with Crippen LogP contribution in [0.2, 0.25) is 0 Å². The number of fused-ring (bicyclic) bond motifs is 1. The van der Waals surface area contributed by atoms with E-state index >= 15 is 0 Å². The Bertz CT molecular complexity index is 789. The number of aromatic nitrogens is 3. The lowest BCUT2D eigenvalue weighted by Crippen LogP contribution is -2.41. The zero-order valence-corrected chi connectivity index (χ0v) is 20.3. The van der Waals surface area contributed by atoms with Gasteiger partial charge in [0.2, 0.25) is 0 Å². The van der Waals surface area contributed by atoms with Crippen molar-refractivity contribution < 1.29 is 0 Å². The molecule has 3 N–H and O–H groups in total. The number of rotatable bonds is 5. The van der Waals surface area contributed by atoms with Crippen LogP contribution < -0.4 is 5.73 Å². The van der Waals surface area contributed by atoms with Crippen molar-refractivity contribution >= 4 is 6.08 Å². The molecule has 2 aromatic heterocycles. The van der Waals surface area contributed by atoms with Gasteiger partial charge in [0.1, 0.15) is 5.82 Å². The molecule has 172 valence electrons. The van der Waals surface area contributed by atoms with E-state index in [4.69, 9.17) is 9.97 Å². The molecule has 2 aromatic rings. The van der Waals surface area contributed by atoms with Crippen molar-refractivity contribution in [1.29, 1.82) is 0 Å². The summed E-state index contributed by atoms with van der Waals surface area (Å²) in [6.45, 7) is 9.06. The smallest absolute Gasteiger partial charge is 0.121 e. The van der Waals surface area contributed by atoms with Crippen LogP contribution in [0.4, 0.5) is 0 Å². The summed E-state index contributed by atoms with van der Waals surface area (Å²) in [5, 5.41) is 0. The predicted molar refractivity (Wildman–Crippen MR) is 132 cm³/mol. The van der Waals surface area contributed by atoms with E-state index in [0.717, 1.165) is 23.8 Å². The topological polar surface area (TPSA) is 70.8 Å². The number of aryl methyl sites for hydroxylation is 2. The van der Waals surface area contributed by atoms with Crippen LogP contribution in [0.5, 0.6) is 0 Å². The molecule has 0 aromatic carbocycles. The molecule has 2 aliphatic carbocycles. The number of nitrogens with zero attached hydrogens (tertiary/aromatic N) is 3. The first kappa shape index (κ1) is 25.3. The highest BCUT2D eigenvalue weighted by Crippen LogP contribution is 2.38. The molecule has 0 amide bonds. The molecule has 1 fully saturated rings. The molecule has 1 unspecified atom stereocenters. The fourth-order valence-electron chi connectivity index (χ4n) is 4.92. The average Bonchev–Trinajstić information content (AvgIpc) is 3.19. The molecule has 0 spiro atoms. The summed E-state index contributed by atoms with van der Waals surface area (Å²) >= 11 is 0. The Morgan fingerprint density at radius 1 is 1.13 bits per heavy atom. The minimum atomic E-state index is 0.425. The maximum absolute atomic E-state index is 4.88. The Hall–Kier alpha value is -1.98. The van der Waals surface area contributed by atoms with Crippen molar-refractivity contribution in [2.75, 3.05) is 7.05 Å². The zero-order valence-electron chi connectivity index (χ0n) is 20.3. The van der Waals surface area contributed by atoms with Crippen molar-refractivity contribution in [2.24, 2.45) is 5.73 Å². The van der Waals surface area contributed by atoms with Gasteiger partial charge in [0.15, 0.2) is 0 Å². The van der Waals surface area contributed by atoms with Gasteiger partial charge >= 0.3 is 0 Å². The first-order valence-corrected chi connectivity index (χ1v) is 12.2. The first-order chi connectivity index (χ1) is 15.3. The molecule has 2 heterocycles. The van der Waals surface area contributed by atoms with Crippen molar-refractivity contribution in [2.45, 2.75) is 97.7 Å². The molecule has 0 bridgehead atoms. The van der Waals surface area contributed by atoms with Crippen LogP contribution in [0.15, 0.2) is 24.4 Å². The van der Waals surface area contributed by atoms with Gasteiger partial charge in [0.25, 0.3) is 0 Å². The van der Waals surface area contributed by atoms with Gasteiger partial charge in [-0.25, -0.2) is 4.98 Å². The van der Waals surface area contributed by atoms with Crippen molar-refractivity contribution in [1.82, 2.24) is 19.9 Å². The minimum Gasteiger partial charge on any atom is -0.344 e. The summed E-state index contributed by atoms with van der Waals surface area (Å²) in [5.74, 6) is 1.09. The maximum atomic E-state index is 4.88. The number of H-pyrrole nitrogens is 1. The Kier molecular flexibility index (Phi) is 11.0. The normalized spacial score (nSPS) is 18.7. The Morgan fingerprint density at radius 3 is 2.58 bits per heavy atom. The summed E-state index contributed by atoms with van der Waals surface area (Å²) < 4.78 is 0. The summed E-state index contributed by atoms with van der Waals surface area (Å²) in [6.07, 6.45) is 16.5. The average molecular weight is 426 g/mol. The van der Waals surface area contributed by atoms with Crippen LogP contribution in [0.3, 0.4) is 0 Å². The number of imidazole rings is 1. The predicted octanol–water partition coefficient (Wildman–Crippen LogP) is 5.96. The molecule has 0 radical (unpaired) electrons. The van der Waals surface area contributed by atoms with Gasteiger partial charge in [-0.2, -0.15) is 0 Å². The van der Waals surface area contributed by atoms with Gasteiger partial charge in [-0.05, 0) is 70.7 Å². The van der Waals surface area contributed by atoms with Crippen LogP contribution in [0, 0.1) is 6.92 Å². The van der Waals surface area contributed by atoms with Gasteiger partial charge in [-0.1, -0.05) is 45.3 Å². The summed E-state index contributed by atoms with van der Waals surface area (Å²) in [6, 6.07) is 5.43. The van der Waals surface area contributed by atoms with Crippen LogP contribution in [-0.2, 0) is 13.0 Å². The van der Waals surface area contributed by atoms with Crippen molar-refractivity contribution in [3.8, 4) is 0 Å². The third-order valence-electron chi connectivity index (χ3n) is 6.24. The first-order valence-electron chi connectivity index (χ1n) is 12.2. The van der Waals surface area contributed by atoms with Crippen molar-refractivity contribution in [3.05, 3.63) is 52.9 Å². The number of nitrogens with one attached hydrogen (secondary N) is 1. The maximum Gasteiger partial charge on any atom is 0.121 e. The number of nitrogens with two attached hydrogens (primary N) is 1. The number of aromatic amines is 1. The number of hydrogen-bond donors (Lipinski definition) is 2. The summed E-state index contributed by atoms with van der Waals surface area (Å²) in [4.78, 5) is 16.0. The largest absolute Gasteiger partial charge is 0.344 e. The number of pyridine rings is 1. The van der Waals surface area contributed by atoms with Crippen LogP contribution in [0.1, 0.15) is 100 Å². The highest BCUT2D eigenvalue weighted by atomic mass is 15.2. The van der Waals surface area contributed by atoms with E-state index in [9.17, 15) is 0 Å². The van der Waals surface area contributed by atoms with E-state index in [1.54, 1.807) is 0 Å². The highest BCUT2D eigenvalue weighted by molar-refractivity contribution is 5.47. The molecule has 1 saturated carbocycles. The summed E-state index contributed by atoms with van der Waals surface area (Å²) in [7, 11) is 1.50. The van der Waals surface area contributed by atoms with E-state index in [1.807, 2.05) is 27.0 Å². The number of allylic oxidation sites excluding steroid dienone is 1. The molecule has 4 rings (SSSR count). The molecule has 5 nitrogen and oxygen atoms in total. The molecule has 0 aliphatic heterocycles. The zero-order chi connectivity index (χ0) is 22.6. The molecule has 0 saturated heterocycles. The van der Waals surface area contributed by atoms with E-state index < -0.39 is 0 Å². The fraction of sp³-hybridized carbons (Fsp3) is 0.615. The second-order valence-corrected chi connectivity index (χ2v) is 8.11. The van der Waals surface area contributed by atoms with Crippen LogP contribution >= 0.6 is 0 Å². The second kappa shape index (κ2) is 13.4. The highest BCUT2D eigenvalue weighted by Gasteiger charge is 2.33. The Balaban J connectivity index is 0.000000807. The molecule has 2 aliphatic rings. The Labute approximate surface area is 189 Å². The monoisotopic (exact) mass is 425 g/mol. The van der Waals surface area contributed by atoms with E-state index in [2.05, 4.69) is 46.8 Å². The van der Waals surface area contributed by atoms with Gasteiger partial charge in [-0.15, -0.1) is 0 Å². The Morgan fingerprint density at radius 2 is 1.87 bits per heavy atom. The second-order valence-electron chi connectivity index (χ2n) is 8.11. The van der Waals surface area contributed by atoms with Crippen LogP contribution in [-0.4, -0.2) is 32.9 Å². The quantitative estimate of drug-likeness (QED) is 0.620. The van der Waals surface area contributed by atoms with Crippen LogP contribution in [0.25, 0.3) is 6.08 Å². The fourth-order valence-corrected chi connectivity index (χ4v) is 4.92.